The molecule has 2 saturated heterocycles. The Labute approximate surface area is 166 Å². The maximum Gasteiger partial charge on any atom is 0.131 e. The Hall–Kier alpha value is -1.37. The largest absolute Gasteiger partial charge is 0.299 e. The molecule has 148 valence electrons. The molecule has 0 aromatic carbocycles. The van der Waals surface area contributed by atoms with Crippen LogP contribution in [0.25, 0.3) is 0 Å². The van der Waals surface area contributed by atoms with Gasteiger partial charge in [-0.15, -0.1) is 0 Å². The fourth-order valence-corrected chi connectivity index (χ4v) is 4.89. The van der Waals surface area contributed by atoms with Crippen LogP contribution in [0.1, 0.15) is 61.0 Å². The van der Waals surface area contributed by atoms with Crippen molar-refractivity contribution in [3.63, 3.8) is 0 Å². The van der Waals surface area contributed by atoms with Crippen molar-refractivity contribution in [1.29, 1.82) is 0 Å². The van der Waals surface area contributed by atoms with E-state index < -0.39 is 0 Å². The standard InChI is InChI=1S/C20H31ClN6/c1-3-18-17(20(21)25(2)24-18)14-27-10-6-7-15(12-27)19-16(11-22-23-19)13-26-8-4-5-9-26/h11,15H,3-10,12-14H2,1-2H3,(H,22,23). The van der Waals surface area contributed by atoms with Crippen LogP contribution < -0.4 is 0 Å². The minimum absolute atomic E-state index is 0.527. The Kier molecular flexibility index (Phi) is 5.85. The summed E-state index contributed by atoms with van der Waals surface area (Å²) in [5, 5.41) is 13.1. The summed E-state index contributed by atoms with van der Waals surface area (Å²) in [5.41, 5.74) is 5.06. The van der Waals surface area contributed by atoms with Gasteiger partial charge in [-0.1, -0.05) is 18.5 Å². The van der Waals surface area contributed by atoms with Gasteiger partial charge in [-0.05, 0) is 51.7 Å². The molecule has 2 aromatic heterocycles. The number of rotatable bonds is 6. The van der Waals surface area contributed by atoms with E-state index in [1.165, 1.54) is 55.6 Å². The van der Waals surface area contributed by atoms with Crippen LogP contribution in [0, 0.1) is 0 Å². The summed E-state index contributed by atoms with van der Waals surface area (Å²) < 4.78 is 1.81. The van der Waals surface area contributed by atoms with E-state index in [1.807, 2.05) is 13.2 Å². The first-order valence-corrected chi connectivity index (χ1v) is 10.7. The lowest BCUT2D eigenvalue weighted by atomic mass is 9.92. The molecular weight excluding hydrogens is 360 g/mol. The number of aryl methyl sites for hydroxylation is 2. The molecule has 2 aliphatic heterocycles. The molecule has 0 spiro atoms. The fraction of sp³-hybridized carbons (Fsp3) is 0.700. The third kappa shape index (κ3) is 4.08. The Morgan fingerprint density at radius 3 is 2.70 bits per heavy atom. The zero-order chi connectivity index (χ0) is 18.8. The zero-order valence-electron chi connectivity index (χ0n) is 16.5. The number of hydrogen-bond acceptors (Lipinski definition) is 4. The molecule has 2 fully saturated rings. The van der Waals surface area contributed by atoms with E-state index >= 15 is 0 Å². The second-order valence-corrected chi connectivity index (χ2v) is 8.42. The van der Waals surface area contributed by atoms with Crippen molar-refractivity contribution in [3.8, 4) is 0 Å². The highest BCUT2D eigenvalue weighted by Gasteiger charge is 2.27. The number of halogens is 1. The SMILES string of the molecule is CCc1nn(C)c(Cl)c1CN1CCCC(c2[nH]ncc2CN2CCCC2)C1. The molecule has 0 amide bonds. The van der Waals surface area contributed by atoms with Gasteiger partial charge in [0.1, 0.15) is 5.15 Å². The number of hydrogen-bond donors (Lipinski definition) is 1. The van der Waals surface area contributed by atoms with Crippen molar-refractivity contribution >= 4 is 11.6 Å². The summed E-state index contributed by atoms with van der Waals surface area (Å²) in [6.07, 6.45) is 8.07. The first-order valence-electron chi connectivity index (χ1n) is 10.3. The normalized spacial score (nSPS) is 22.0. The monoisotopic (exact) mass is 390 g/mol. The third-order valence-corrected chi connectivity index (χ3v) is 6.60. The van der Waals surface area contributed by atoms with Crippen molar-refractivity contribution in [2.75, 3.05) is 26.2 Å². The second kappa shape index (κ2) is 8.33. The average Bonchev–Trinajstić information content (AvgIpc) is 3.41. The van der Waals surface area contributed by atoms with Gasteiger partial charge in [-0.25, -0.2) is 0 Å². The van der Waals surface area contributed by atoms with Crippen molar-refractivity contribution in [2.24, 2.45) is 7.05 Å². The molecule has 7 heteroatoms. The smallest absolute Gasteiger partial charge is 0.131 e. The summed E-state index contributed by atoms with van der Waals surface area (Å²) in [4.78, 5) is 5.09. The van der Waals surface area contributed by atoms with Crippen LogP contribution in [0.5, 0.6) is 0 Å². The number of likely N-dealkylation sites (tertiary alicyclic amines) is 2. The molecule has 0 saturated carbocycles. The minimum Gasteiger partial charge on any atom is -0.299 e. The fourth-order valence-electron chi connectivity index (χ4n) is 4.68. The predicted molar refractivity (Wildman–Crippen MR) is 108 cm³/mol. The molecule has 1 unspecified atom stereocenters. The molecule has 27 heavy (non-hydrogen) atoms. The first kappa shape index (κ1) is 19.0. The van der Waals surface area contributed by atoms with Gasteiger partial charge in [-0.3, -0.25) is 19.6 Å². The summed E-state index contributed by atoms with van der Waals surface area (Å²) in [5.74, 6) is 0.527. The zero-order valence-corrected chi connectivity index (χ0v) is 17.3. The van der Waals surface area contributed by atoms with E-state index in [1.54, 1.807) is 4.68 Å². The van der Waals surface area contributed by atoms with E-state index in [-0.39, 0.29) is 0 Å². The maximum atomic E-state index is 6.52. The number of nitrogens with zero attached hydrogens (tertiary/aromatic N) is 5. The van der Waals surface area contributed by atoms with Crippen LogP contribution >= 0.6 is 11.6 Å². The van der Waals surface area contributed by atoms with Crippen LogP contribution in [-0.2, 0) is 26.6 Å². The number of aromatic nitrogens is 4. The van der Waals surface area contributed by atoms with Crippen LogP contribution in [0.4, 0.5) is 0 Å². The number of piperidine rings is 1. The second-order valence-electron chi connectivity index (χ2n) is 8.06. The highest BCUT2D eigenvalue weighted by Crippen LogP contribution is 2.31. The molecule has 0 aliphatic carbocycles. The van der Waals surface area contributed by atoms with Gasteiger partial charge in [0.2, 0.25) is 0 Å². The quantitative estimate of drug-likeness (QED) is 0.821. The van der Waals surface area contributed by atoms with Crippen molar-refractivity contribution in [3.05, 3.63) is 33.9 Å². The van der Waals surface area contributed by atoms with Crippen LogP contribution in [0.2, 0.25) is 5.15 Å². The Bertz CT molecular complexity index is 761. The molecule has 0 radical (unpaired) electrons. The van der Waals surface area contributed by atoms with E-state index in [4.69, 9.17) is 11.6 Å². The lowest BCUT2D eigenvalue weighted by molar-refractivity contribution is 0.197. The van der Waals surface area contributed by atoms with Crippen molar-refractivity contribution in [1.82, 2.24) is 29.8 Å². The molecule has 1 N–H and O–H groups in total. The summed E-state index contributed by atoms with van der Waals surface area (Å²) in [6.45, 7) is 8.71. The highest BCUT2D eigenvalue weighted by molar-refractivity contribution is 6.30. The van der Waals surface area contributed by atoms with Crippen LogP contribution in [-0.4, -0.2) is 56.0 Å². The van der Waals surface area contributed by atoms with Crippen molar-refractivity contribution < 1.29 is 0 Å². The van der Waals surface area contributed by atoms with Gasteiger partial charge in [0, 0.05) is 49.4 Å². The van der Waals surface area contributed by atoms with E-state index in [9.17, 15) is 0 Å². The van der Waals surface area contributed by atoms with Gasteiger partial charge < -0.3 is 0 Å². The molecule has 2 aliphatic rings. The number of H-pyrrole nitrogens is 1. The van der Waals surface area contributed by atoms with E-state index in [2.05, 4.69) is 32.0 Å². The van der Waals surface area contributed by atoms with E-state index in [0.29, 0.717) is 5.92 Å². The van der Waals surface area contributed by atoms with E-state index in [0.717, 1.165) is 43.4 Å². The minimum atomic E-state index is 0.527. The number of nitrogens with one attached hydrogen (secondary N) is 1. The number of aromatic amines is 1. The summed E-state index contributed by atoms with van der Waals surface area (Å²) in [6, 6.07) is 0. The van der Waals surface area contributed by atoms with Crippen LogP contribution in [0.3, 0.4) is 0 Å². The maximum absolute atomic E-state index is 6.52. The molecule has 0 bridgehead atoms. The van der Waals surface area contributed by atoms with Gasteiger partial charge in [0.05, 0.1) is 11.9 Å². The summed E-state index contributed by atoms with van der Waals surface area (Å²) >= 11 is 6.52. The molecule has 4 heterocycles. The van der Waals surface area contributed by atoms with Crippen LogP contribution in [0.15, 0.2) is 6.20 Å². The highest BCUT2D eigenvalue weighted by atomic mass is 35.5. The van der Waals surface area contributed by atoms with Gasteiger partial charge in [-0.2, -0.15) is 10.2 Å². The Balaban J connectivity index is 1.45. The topological polar surface area (TPSA) is 53.0 Å². The lowest BCUT2D eigenvalue weighted by Gasteiger charge is -2.33. The molecule has 2 aromatic rings. The molecule has 4 rings (SSSR count). The predicted octanol–water partition coefficient (Wildman–Crippen LogP) is 3.33. The molecular formula is C20H31ClN6. The van der Waals surface area contributed by atoms with Gasteiger partial charge in [0.25, 0.3) is 0 Å². The Morgan fingerprint density at radius 2 is 1.93 bits per heavy atom. The Morgan fingerprint density at radius 1 is 1.15 bits per heavy atom. The molecule has 1 atom stereocenters. The average molecular weight is 391 g/mol. The summed E-state index contributed by atoms with van der Waals surface area (Å²) in [7, 11) is 1.93. The molecule has 6 nitrogen and oxygen atoms in total. The van der Waals surface area contributed by atoms with Gasteiger partial charge in [0.15, 0.2) is 0 Å². The lowest BCUT2D eigenvalue weighted by Crippen LogP contribution is -2.34. The third-order valence-electron chi connectivity index (χ3n) is 6.13. The van der Waals surface area contributed by atoms with Crippen molar-refractivity contribution in [2.45, 2.75) is 58.0 Å². The first-order chi connectivity index (χ1) is 13.2. The van der Waals surface area contributed by atoms with Gasteiger partial charge >= 0.3 is 0 Å².